The summed E-state index contributed by atoms with van der Waals surface area (Å²) < 4.78 is 21.6. The van der Waals surface area contributed by atoms with Gasteiger partial charge in [0, 0.05) is 24.7 Å². The van der Waals surface area contributed by atoms with Gasteiger partial charge in [-0.1, -0.05) is 24.3 Å². The molecule has 0 radical (unpaired) electrons. The number of methoxy groups -OCH3 is 2. The lowest BCUT2D eigenvalue weighted by atomic mass is 9.52. The van der Waals surface area contributed by atoms with Gasteiger partial charge in [0.15, 0.2) is 46.0 Å². The number of hydrogen-bond donors (Lipinski definition) is 8. The molecular weight excluding hydrogens is 712 g/mol. The SMILES string of the molecule is COc1cc(C2C(C(=O)O[C@H](Cc3ccc(O)c(O)c3)C(=O)O)C(c3ccc(O)c(OC)c3)C2C(=O)O[C@H](Cc2ccc(O)c(O)c2)C(=O)O)ccc1O. The van der Waals surface area contributed by atoms with E-state index in [1.54, 1.807) is 0 Å². The smallest absolute Gasteiger partial charge is 0.345 e. The molecule has 5 rings (SSSR count). The van der Waals surface area contributed by atoms with Gasteiger partial charge in [-0.25, -0.2) is 9.59 Å². The van der Waals surface area contributed by atoms with Gasteiger partial charge in [0.05, 0.1) is 26.1 Å². The van der Waals surface area contributed by atoms with Crippen molar-refractivity contribution in [2.24, 2.45) is 11.8 Å². The second kappa shape index (κ2) is 15.8. The maximum Gasteiger partial charge on any atom is 0.345 e. The molecule has 0 aliphatic heterocycles. The summed E-state index contributed by atoms with van der Waals surface area (Å²) in [5.74, 6) is -13.1. The van der Waals surface area contributed by atoms with Crippen molar-refractivity contribution in [1.29, 1.82) is 0 Å². The molecule has 284 valence electrons. The second-order valence-corrected chi connectivity index (χ2v) is 12.5. The number of benzene rings is 4. The molecule has 16 heteroatoms. The van der Waals surface area contributed by atoms with Gasteiger partial charge in [-0.05, 0) is 70.8 Å². The summed E-state index contributed by atoms with van der Waals surface area (Å²) >= 11 is 0. The number of aliphatic carboxylic acids is 2. The average molecular weight is 749 g/mol. The minimum Gasteiger partial charge on any atom is -0.504 e. The Morgan fingerprint density at radius 2 is 0.870 bits per heavy atom. The maximum atomic E-state index is 14.2. The molecule has 0 unspecified atom stereocenters. The van der Waals surface area contributed by atoms with Crippen molar-refractivity contribution in [3.63, 3.8) is 0 Å². The highest BCUT2D eigenvalue weighted by Gasteiger charge is 2.60. The molecule has 1 saturated carbocycles. The lowest BCUT2D eigenvalue weighted by Crippen LogP contribution is -2.53. The minimum atomic E-state index is -1.82. The van der Waals surface area contributed by atoms with Gasteiger partial charge in [-0.15, -0.1) is 0 Å². The molecule has 0 aromatic heterocycles. The third-order valence-corrected chi connectivity index (χ3v) is 9.26. The van der Waals surface area contributed by atoms with Gasteiger partial charge >= 0.3 is 23.9 Å². The molecular formula is C38H36O16. The minimum absolute atomic E-state index is 0.0485. The van der Waals surface area contributed by atoms with Gasteiger partial charge in [-0.2, -0.15) is 0 Å². The Labute approximate surface area is 306 Å². The second-order valence-electron chi connectivity index (χ2n) is 12.5. The van der Waals surface area contributed by atoms with Crippen LogP contribution in [-0.2, 0) is 41.5 Å². The number of carboxylic acid groups (broad SMARTS) is 2. The predicted molar refractivity (Wildman–Crippen MR) is 184 cm³/mol. The topological polar surface area (TPSA) is 267 Å². The molecule has 0 saturated heterocycles. The number of esters is 2. The average Bonchev–Trinajstić information content (AvgIpc) is 3.11. The molecule has 1 aliphatic rings. The number of carboxylic acids is 2. The Morgan fingerprint density at radius 1 is 0.519 bits per heavy atom. The first kappa shape index (κ1) is 38.4. The van der Waals surface area contributed by atoms with E-state index in [1.807, 2.05) is 0 Å². The zero-order chi connectivity index (χ0) is 39.4. The van der Waals surface area contributed by atoms with E-state index in [9.17, 15) is 60.0 Å². The number of ether oxygens (including phenoxy) is 4. The fourth-order valence-corrected chi connectivity index (χ4v) is 6.58. The van der Waals surface area contributed by atoms with Crippen molar-refractivity contribution < 1.29 is 79.0 Å². The van der Waals surface area contributed by atoms with E-state index in [0.717, 1.165) is 24.3 Å². The van der Waals surface area contributed by atoms with E-state index in [-0.39, 0.29) is 45.3 Å². The van der Waals surface area contributed by atoms with Crippen LogP contribution in [0, 0.1) is 11.8 Å². The van der Waals surface area contributed by atoms with Crippen molar-refractivity contribution in [3.8, 4) is 46.0 Å². The Hall–Kier alpha value is -6.84. The Balaban J connectivity index is 1.58. The summed E-state index contributed by atoms with van der Waals surface area (Å²) in [5, 5.41) is 80.0. The van der Waals surface area contributed by atoms with Crippen molar-refractivity contribution in [2.45, 2.75) is 36.9 Å². The van der Waals surface area contributed by atoms with E-state index in [1.165, 1.54) is 62.8 Å². The molecule has 0 heterocycles. The molecule has 1 aliphatic carbocycles. The number of rotatable bonds is 14. The largest absolute Gasteiger partial charge is 0.504 e. The fourth-order valence-electron chi connectivity index (χ4n) is 6.58. The standard InChI is InChI=1S/C38H36O16/c1-51-27-15-19(5-9-23(27)41)31-33(37(49)53-29(35(45)46)13-17-3-7-21(39)25(43)11-17)32(20-6-10-24(42)28(16-20)52-2)34(31)38(50)54-30(36(47)48)14-18-4-8-22(40)26(44)12-18/h3-12,15-16,29-34,39-44H,13-14H2,1-2H3,(H,45,46)(H,47,48)/t29-,30-,31?,32?,33?,34?/m1/s1. The van der Waals surface area contributed by atoms with Gasteiger partial charge in [0.1, 0.15) is 0 Å². The molecule has 4 aromatic rings. The van der Waals surface area contributed by atoms with Gasteiger partial charge in [0.25, 0.3) is 0 Å². The normalized spacial score (nSPS) is 18.7. The van der Waals surface area contributed by atoms with Crippen molar-refractivity contribution in [1.82, 2.24) is 0 Å². The zero-order valence-electron chi connectivity index (χ0n) is 28.7. The lowest BCUT2D eigenvalue weighted by Gasteiger charge is -2.50. The van der Waals surface area contributed by atoms with Crippen LogP contribution >= 0.6 is 0 Å². The highest BCUT2D eigenvalue weighted by atomic mass is 16.6. The summed E-state index contributed by atoms with van der Waals surface area (Å²) in [6.45, 7) is 0. The third kappa shape index (κ3) is 7.96. The number of phenols is 6. The molecule has 54 heavy (non-hydrogen) atoms. The van der Waals surface area contributed by atoms with Crippen molar-refractivity contribution >= 4 is 23.9 Å². The monoisotopic (exact) mass is 748 g/mol. The molecule has 8 N–H and O–H groups in total. The van der Waals surface area contributed by atoms with E-state index in [4.69, 9.17) is 18.9 Å². The van der Waals surface area contributed by atoms with Crippen LogP contribution in [0.1, 0.15) is 34.1 Å². The molecule has 0 spiro atoms. The van der Waals surface area contributed by atoms with E-state index >= 15 is 0 Å². The zero-order valence-corrected chi connectivity index (χ0v) is 28.7. The van der Waals surface area contributed by atoms with E-state index in [0.29, 0.717) is 0 Å². The highest BCUT2D eigenvalue weighted by Crippen LogP contribution is 2.60. The lowest BCUT2D eigenvalue weighted by molar-refractivity contribution is -0.181. The van der Waals surface area contributed by atoms with E-state index in [2.05, 4.69) is 0 Å². The summed E-state index contributed by atoms with van der Waals surface area (Å²) in [4.78, 5) is 53.2. The molecule has 0 amide bonds. The molecule has 16 nitrogen and oxygen atoms in total. The predicted octanol–water partition coefficient (Wildman–Crippen LogP) is 3.53. The van der Waals surface area contributed by atoms with Crippen LogP contribution in [0.5, 0.6) is 46.0 Å². The van der Waals surface area contributed by atoms with Crippen LogP contribution in [0.4, 0.5) is 0 Å². The first-order chi connectivity index (χ1) is 25.6. The molecule has 2 atom stereocenters. The van der Waals surface area contributed by atoms with Gasteiger partial charge < -0.3 is 59.8 Å². The molecule has 0 bridgehead atoms. The first-order valence-electron chi connectivity index (χ1n) is 16.3. The molecule has 4 aromatic carbocycles. The number of carbonyl (C=O) groups is 4. The Morgan fingerprint density at radius 3 is 1.19 bits per heavy atom. The third-order valence-electron chi connectivity index (χ3n) is 9.26. The maximum absolute atomic E-state index is 14.2. The van der Waals surface area contributed by atoms with Gasteiger partial charge in [0.2, 0.25) is 12.2 Å². The summed E-state index contributed by atoms with van der Waals surface area (Å²) in [6.07, 6.45) is -4.52. The van der Waals surface area contributed by atoms with Crippen molar-refractivity contribution in [2.75, 3.05) is 14.2 Å². The Kier molecular flexibility index (Phi) is 11.2. The van der Waals surface area contributed by atoms with Crippen LogP contribution in [-0.4, -0.2) is 91.2 Å². The van der Waals surface area contributed by atoms with Crippen LogP contribution in [0.3, 0.4) is 0 Å². The number of carbonyl (C=O) groups excluding carboxylic acids is 2. The summed E-state index contributed by atoms with van der Waals surface area (Å²) in [6, 6.07) is 15.1. The van der Waals surface area contributed by atoms with Crippen LogP contribution in [0.25, 0.3) is 0 Å². The van der Waals surface area contributed by atoms with Crippen LogP contribution in [0.15, 0.2) is 72.8 Å². The van der Waals surface area contributed by atoms with Crippen molar-refractivity contribution in [3.05, 3.63) is 95.1 Å². The quantitative estimate of drug-likeness (QED) is 0.0677. The van der Waals surface area contributed by atoms with Crippen LogP contribution in [0.2, 0.25) is 0 Å². The fraction of sp³-hybridized carbons (Fsp3) is 0.263. The number of phenolic OH excluding ortho intramolecular Hbond substituents is 6. The first-order valence-corrected chi connectivity index (χ1v) is 16.3. The molecule has 1 fully saturated rings. The van der Waals surface area contributed by atoms with Crippen LogP contribution < -0.4 is 9.47 Å². The number of hydrogen-bond acceptors (Lipinski definition) is 14. The Bertz CT molecular complexity index is 1920. The number of aromatic hydroxyl groups is 6. The summed E-state index contributed by atoms with van der Waals surface area (Å²) in [5.41, 5.74) is 0.839. The van der Waals surface area contributed by atoms with Gasteiger partial charge in [-0.3, -0.25) is 9.59 Å². The van der Waals surface area contributed by atoms with E-state index < -0.39 is 95.6 Å². The highest BCUT2D eigenvalue weighted by molar-refractivity contribution is 5.88. The summed E-state index contributed by atoms with van der Waals surface area (Å²) in [7, 11) is 2.53.